The van der Waals surface area contributed by atoms with Gasteiger partial charge in [-0.3, -0.25) is 4.79 Å². The first-order valence-corrected chi connectivity index (χ1v) is 5.22. The standard InChI is InChI=1S/C10H15BN2O3/c1-9(2)10(3,4)16-11(15-9)7-5-8(14)13-6-12-7/h5-6H,1-4H3,(H,12,13,14). The molecule has 0 aromatic carbocycles. The fraction of sp³-hybridized carbons (Fsp3) is 0.600. The van der Waals surface area contributed by atoms with Crippen LogP contribution in [0.3, 0.4) is 0 Å². The van der Waals surface area contributed by atoms with E-state index in [1.807, 2.05) is 27.7 Å². The summed E-state index contributed by atoms with van der Waals surface area (Å²) in [5, 5.41) is 0. The lowest BCUT2D eigenvalue weighted by atomic mass is 9.85. The molecule has 0 atom stereocenters. The highest BCUT2D eigenvalue weighted by Gasteiger charge is 2.52. The zero-order chi connectivity index (χ0) is 12.0. The van der Waals surface area contributed by atoms with Crippen molar-refractivity contribution in [2.45, 2.75) is 38.9 Å². The fourth-order valence-corrected chi connectivity index (χ4v) is 1.48. The second-order valence-corrected chi connectivity index (χ2v) is 4.92. The summed E-state index contributed by atoms with van der Waals surface area (Å²) >= 11 is 0. The van der Waals surface area contributed by atoms with Gasteiger partial charge >= 0.3 is 7.12 Å². The van der Waals surface area contributed by atoms with Crippen LogP contribution in [0.2, 0.25) is 0 Å². The Hall–Kier alpha value is -1.14. The Balaban J connectivity index is 2.30. The van der Waals surface area contributed by atoms with E-state index < -0.39 is 18.3 Å². The van der Waals surface area contributed by atoms with Crippen molar-refractivity contribution in [2.75, 3.05) is 0 Å². The van der Waals surface area contributed by atoms with Crippen LogP contribution in [0, 0.1) is 0 Å². The normalized spacial score (nSPS) is 22.4. The van der Waals surface area contributed by atoms with E-state index in [-0.39, 0.29) is 5.56 Å². The van der Waals surface area contributed by atoms with Crippen LogP contribution >= 0.6 is 0 Å². The molecule has 1 aliphatic rings. The largest absolute Gasteiger partial charge is 0.514 e. The van der Waals surface area contributed by atoms with Gasteiger partial charge in [0.05, 0.1) is 23.1 Å². The lowest BCUT2D eigenvalue weighted by Gasteiger charge is -2.32. The third-order valence-electron chi connectivity index (χ3n) is 3.19. The van der Waals surface area contributed by atoms with Gasteiger partial charge < -0.3 is 14.3 Å². The molecule has 1 aromatic rings. The maximum atomic E-state index is 11.2. The molecule has 2 rings (SSSR count). The second kappa shape index (κ2) is 3.43. The zero-order valence-corrected chi connectivity index (χ0v) is 9.90. The Morgan fingerprint density at radius 1 is 1.25 bits per heavy atom. The smallest absolute Gasteiger partial charge is 0.398 e. The minimum absolute atomic E-state index is 0.209. The number of nitrogens with zero attached hydrogens (tertiary/aromatic N) is 1. The van der Waals surface area contributed by atoms with Gasteiger partial charge in [0.25, 0.3) is 0 Å². The molecule has 0 bridgehead atoms. The summed E-state index contributed by atoms with van der Waals surface area (Å²) in [5.74, 6) is 0. The van der Waals surface area contributed by atoms with Crippen LogP contribution in [0.15, 0.2) is 17.2 Å². The quantitative estimate of drug-likeness (QED) is 0.683. The molecule has 0 amide bonds. The van der Waals surface area contributed by atoms with Crippen LogP contribution < -0.4 is 11.2 Å². The summed E-state index contributed by atoms with van der Waals surface area (Å²) in [5.41, 5.74) is -0.536. The third-order valence-corrected chi connectivity index (χ3v) is 3.19. The molecule has 0 radical (unpaired) electrons. The van der Waals surface area contributed by atoms with Gasteiger partial charge in [-0.25, -0.2) is 4.98 Å². The van der Waals surface area contributed by atoms with E-state index in [0.29, 0.717) is 5.59 Å². The molecule has 1 aromatic heterocycles. The number of nitrogens with one attached hydrogen (secondary N) is 1. The molecule has 0 unspecified atom stereocenters. The van der Waals surface area contributed by atoms with Gasteiger partial charge in [0.15, 0.2) is 0 Å². The van der Waals surface area contributed by atoms with E-state index in [1.54, 1.807) is 0 Å². The molecule has 16 heavy (non-hydrogen) atoms. The summed E-state index contributed by atoms with van der Waals surface area (Å²) in [7, 11) is -0.577. The highest BCUT2D eigenvalue weighted by molar-refractivity contribution is 6.61. The molecule has 1 saturated heterocycles. The van der Waals surface area contributed by atoms with Gasteiger partial charge in [-0.1, -0.05) is 0 Å². The fourth-order valence-electron chi connectivity index (χ4n) is 1.48. The maximum absolute atomic E-state index is 11.2. The molecule has 5 nitrogen and oxygen atoms in total. The van der Waals surface area contributed by atoms with Gasteiger partial charge in [0.1, 0.15) is 0 Å². The molecule has 0 aliphatic carbocycles. The second-order valence-electron chi connectivity index (χ2n) is 4.92. The first-order chi connectivity index (χ1) is 7.32. The van der Waals surface area contributed by atoms with Crippen molar-refractivity contribution in [3.8, 4) is 0 Å². The average molecular weight is 222 g/mol. The van der Waals surface area contributed by atoms with Crippen LogP contribution in [0.4, 0.5) is 0 Å². The number of H-pyrrole nitrogens is 1. The lowest BCUT2D eigenvalue weighted by Crippen LogP contribution is -2.41. The van der Waals surface area contributed by atoms with Crippen LogP contribution in [-0.4, -0.2) is 28.3 Å². The molecule has 6 heteroatoms. The summed E-state index contributed by atoms with van der Waals surface area (Å²) in [6, 6.07) is 1.39. The van der Waals surface area contributed by atoms with E-state index in [9.17, 15) is 4.79 Å². The van der Waals surface area contributed by atoms with Crippen LogP contribution in [0.5, 0.6) is 0 Å². The van der Waals surface area contributed by atoms with Crippen molar-refractivity contribution < 1.29 is 9.31 Å². The molecule has 86 valence electrons. The predicted octanol–water partition coefficient (Wildman–Crippen LogP) is 0.0691. The molecule has 2 heterocycles. The third kappa shape index (κ3) is 1.78. The van der Waals surface area contributed by atoms with Crippen molar-refractivity contribution in [3.05, 3.63) is 22.7 Å². The van der Waals surface area contributed by atoms with E-state index >= 15 is 0 Å². The predicted molar refractivity (Wildman–Crippen MR) is 60.6 cm³/mol. The SMILES string of the molecule is CC1(C)OB(c2cc(=O)[nH]cn2)OC1(C)C. The number of rotatable bonds is 1. The number of aromatic nitrogens is 2. The average Bonchev–Trinajstić information content (AvgIpc) is 2.36. The van der Waals surface area contributed by atoms with Crippen LogP contribution in [0.25, 0.3) is 0 Å². The van der Waals surface area contributed by atoms with Gasteiger partial charge in [-0.05, 0) is 27.7 Å². The van der Waals surface area contributed by atoms with E-state index in [2.05, 4.69) is 9.97 Å². The topological polar surface area (TPSA) is 64.2 Å². The Bertz CT molecular complexity index is 439. The Morgan fingerprint density at radius 3 is 2.31 bits per heavy atom. The van der Waals surface area contributed by atoms with E-state index in [1.165, 1.54) is 12.4 Å². The minimum atomic E-state index is -0.577. The Kier molecular flexibility index (Phi) is 2.43. The molecule has 1 fully saturated rings. The van der Waals surface area contributed by atoms with Crippen molar-refractivity contribution in [3.63, 3.8) is 0 Å². The molecular formula is C10H15BN2O3. The van der Waals surface area contributed by atoms with Crippen molar-refractivity contribution in [1.82, 2.24) is 9.97 Å². The highest BCUT2D eigenvalue weighted by atomic mass is 16.7. The molecule has 1 N–H and O–H groups in total. The zero-order valence-electron chi connectivity index (χ0n) is 9.90. The van der Waals surface area contributed by atoms with E-state index in [0.717, 1.165) is 0 Å². The van der Waals surface area contributed by atoms with Gasteiger partial charge in [0.2, 0.25) is 5.56 Å². The molecular weight excluding hydrogens is 207 g/mol. The van der Waals surface area contributed by atoms with Gasteiger partial charge in [-0.2, -0.15) is 0 Å². The van der Waals surface area contributed by atoms with Gasteiger partial charge in [0, 0.05) is 6.07 Å². The number of hydrogen-bond donors (Lipinski definition) is 1. The summed E-state index contributed by atoms with van der Waals surface area (Å²) in [4.78, 5) is 17.7. The van der Waals surface area contributed by atoms with Crippen LogP contribution in [0.1, 0.15) is 27.7 Å². The van der Waals surface area contributed by atoms with Crippen molar-refractivity contribution in [1.29, 1.82) is 0 Å². The summed E-state index contributed by atoms with van der Waals surface area (Å²) in [6.45, 7) is 7.83. The summed E-state index contributed by atoms with van der Waals surface area (Å²) < 4.78 is 11.5. The molecule has 1 aliphatic heterocycles. The Morgan fingerprint density at radius 2 is 1.81 bits per heavy atom. The molecule has 0 spiro atoms. The highest BCUT2D eigenvalue weighted by Crippen LogP contribution is 2.36. The monoisotopic (exact) mass is 222 g/mol. The first-order valence-electron chi connectivity index (χ1n) is 5.22. The first kappa shape index (κ1) is 11.4. The Labute approximate surface area is 94.3 Å². The molecule has 0 saturated carbocycles. The van der Waals surface area contributed by atoms with Crippen molar-refractivity contribution >= 4 is 12.7 Å². The van der Waals surface area contributed by atoms with Crippen molar-refractivity contribution in [2.24, 2.45) is 0 Å². The summed E-state index contributed by atoms with van der Waals surface area (Å²) in [6.07, 6.45) is 1.35. The van der Waals surface area contributed by atoms with E-state index in [4.69, 9.17) is 9.31 Å². The number of aromatic amines is 1. The maximum Gasteiger partial charge on any atom is 0.514 e. The lowest BCUT2D eigenvalue weighted by molar-refractivity contribution is 0.00578. The minimum Gasteiger partial charge on any atom is -0.398 e. The van der Waals surface area contributed by atoms with Crippen LogP contribution in [-0.2, 0) is 9.31 Å². The number of hydrogen-bond acceptors (Lipinski definition) is 4. The van der Waals surface area contributed by atoms with Gasteiger partial charge in [-0.15, -0.1) is 0 Å².